The molecule has 0 aliphatic heterocycles. The molecule has 0 saturated carbocycles. The monoisotopic (exact) mass is 363 g/mol. The number of hydrogen-bond donors (Lipinski definition) is 0. The fraction of sp³-hybridized carbons (Fsp3) is 0.824. The maximum atomic E-state index is 11.7. The van der Waals surface area contributed by atoms with Gasteiger partial charge in [-0.25, -0.2) is 4.79 Å². The molecule has 0 aromatic rings. The number of allylic oxidation sites excluding steroid dienone is 1. The number of hydrogen-bond acceptors (Lipinski definition) is 5. The molecule has 0 aliphatic rings. The average molecular weight is 363 g/mol. The Bertz CT molecular complexity index is 370. The van der Waals surface area contributed by atoms with Crippen molar-refractivity contribution in [2.24, 2.45) is 0 Å². The van der Waals surface area contributed by atoms with E-state index in [0.29, 0.717) is 6.61 Å². The summed E-state index contributed by atoms with van der Waals surface area (Å²) in [4.78, 5) is 11.1. The van der Waals surface area contributed by atoms with E-state index in [1.165, 1.54) is 6.08 Å². The van der Waals surface area contributed by atoms with Crippen LogP contribution in [-0.2, 0) is 23.1 Å². The van der Waals surface area contributed by atoms with Crippen LogP contribution in [0.1, 0.15) is 47.0 Å². The van der Waals surface area contributed by atoms with E-state index in [1.54, 1.807) is 13.0 Å². The van der Waals surface area contributed by atoms with Gasteiger partial charge in [-0.3, -0.25) is 0 Å². The molecule has 0 radical (unpaired) electrons. The Labute approximate surface area is 147 Å². The molecule has 0 aromatic carbocycles. The molecular weight excluding hydrogens is 329 g/mol. The third kappa shape index (κ3) is 10.9. The van der Waals surface area contributed by atoms with Crippen LogP contribution in [0.15, 0.2) is 12.2 Å². The van der Waals surface area contributed by atoms with Crippen LogP contribution in [0.2, 0.25) is 0 Å². The summed E-state index contributed by atoms with van der Waals surface area (Å²) in [5.41, 5.74) is 0. The summed E-state index contributed by atoms with van der Waals surface area (Å²) in [5.74, 6) is -0.432. The standard InChI is InChI=1S/C17H34NO5P/c1-5-9-17(19)21-15-16-23-24(20)22-14-13-18(10-6-2,11-7-3)12-8-4/h5,9H,6-8,10-16H2,1-4H3/q+2. The summed E-state index contributed by atoms with van der Waals surface area (Å²) in [5, 5.41) is 0. The zero-order chi connectivity index (χ0) is 18.3. The molecule has 0 bridgehead atoms. The van der Waals surface area contributed by atoms with Gasteiger partial charge >= 0.3 is 14.2 Å². The Kier molecular flexibility index (Phi) is 14.0. The topological polar surface area (TPSA) is 61.8 Å². The molecule has 0 heterocycles. The summed E-state index contributed by atoms with van der Waals surface area (Å²) >= 11 is 0. The molecule has 0 aliphatic carbocycles. The van der Waals surface area contributed by atoms with Crippen molar-refractivity contribution < 1.29 is 27.6 Å². The Morgan fingerprint density at radius 2 is 1.46 bits per heavy atom. The van der Waals surface area contributed by atoms with Gasteiger partial charge in [-0.2, -0.15) is 0 Å². The lowest BCUT2D eigenvalue weighted by molar-refractivity contribution is -0.928. The van der Waals surface area contributed by atoms with Crippen LogP contribution >= 0.6 is 8.25 Å². The lowest BCUT2D eigenvalue weighted by Crippen LogP contribution is -2.51. The van der Waals surface area contributed by atoms with Crippen molar-refractivity contribution in [3.8, 4) is 0 Å². The zero-order valence-corrected chi connectivity index (χ0v) is 16.6. The van der Waals surface area contributed by atoms with Gasteiger partial charge in [0, 0.05) is 10.6 Å². The quantitative estimate of drug-likeness (QED) is 0.145. The fourth-order valence-corrected chi connectivity index (χ4v) is 3.41. The van der Waals surface area contributed by atoms with Crippen molar-refractivity contribution in [1.82, 2.24) is 0 Å². The van der Waals surface area contributed by atoms with Crippen LogP contribution in [0.5, 0.6) is 0 Å². The number of carbonyl (C=O) groups is 1. The van der Waals surface area contributed by atoms with Crippen molar-refractivity contribution in [1.29, 1.82) is 0 Å². The maximum absolute atomic E-state index is 11.7. The zero-order valence-electron chi connectivity index (χ0n) is 15.7. The smallest absolute Gasteiger partial charge is 0.460 e. The molecule has 0 N–H and O–H groups in total. The first kappa shape index (κ1) is 23.2. The highest BCUT2D eigenvalue weighted by molar-refractivity contribution is 7.33. The van der Waals surface area contributed by atoms with E-state index in [0.717, 1.165) is 49.9 Å². The minimum atomic E-state index is -2.17. The lowest BCUT2D eigenvalue weighted by Gasteiger charge is -2.37. The number of esters is 1. The minimum absolute atomic E-state index is 0.0646. The summed E-state index contributed by atoms with van der Waals surface area (Å²) in [6.45, 7) is 13.0. The first-order chi connectivity index (χ1) is 11.5. The van der Waals surface area contributed by atoms with Crippen LogP contribution in [0.25, 0.3) is 0 Å². The first-order valence-corrected chi connectivity index (χ1v) is 10.0. The molecule has 0 spiro atoms. The summed E-state index contributed by atoms with van der Waals surface area (Å²) < 4.78 is 27.9. The Morgan fingerprint density at radius 3 is 1.96 bits per heavy atom. The normalized spacial score (nSPS) is 12.6. The summed E-state index contributed by atoms with van der Waals surface area (Å²) in [6, 6.07) is 0. The Balaban J connectivity index is 4.08. The number of carbonyl (C=O) groups excluding carboxylic acids is 1. The van der Waals surface area contributed by atoms with E-state index in [-0.39, 0.29) is 13.2 Å². The highest BCUT2D eigenvalue weighted by Gasteiger charge is 2.28. The first-order valence-electron chi connectivity index (χ1n) is 8.91. The number of nitrogens with zero attached hydrogens (tertiary/aromatic N) is 1. The number of quaternary nitrogens is 1. The number of ether oxygens (including phenoxy) is 1. The van der Waals surface area contributed by atoms with Gasteiger partial charge < -0.3 is 9.22 Å². The summed E-state index contributed by atoms with van der Waals surface area (Å²) in [6.07, 6.45) is 6.30. The van der Waals surface area contributed by atoms with Crippen LogP contribution in [0.4, 0.5) is 0 Å². The van der Waals surface area contributed by atoms with Crippen molar-refractivity contribution >= 4 is 14.2 Å². The molecule has 140 valence electrons. The van der Waals surface area contributed by atoms with Crippen LogP contribution in [0, 0.1) is 0 Å². The molecule has 6 nitrogen and oxygen atoms in total. The van der Waals surface area contributed by atoms with Gasteiger partial charge in [-0.15, -0.1) is 9.05 Å². The van der Waals surface area contributed by atoms with Crippen molar-refractivity contribution in [2.45, 2.75) is 47.0 Å². The predicted octanol–water partition coefficient (Wildman–Crippen LogP) is 3.84. The molecule has 24 heavy (non-hydrogen) atoms. The second-order valence-electron chi connectivity index (χ2n) is 5.79. The van der Waals surface area contributed by atoms with Gasteiger partial charge in [-0.05, 0) is 26.2 Å². The molecule has 0 fully saturated rings. The van der Waals surface area contributed by atoms with E-state index in [9.17, 15) is 9.36 Å². The highest BCUT2D eigenvalue weighted by atomic mass is 31.1. The van der Waals surface area contributed by atoms with Gasteiger partial charge in [0.1, 0.15) is 19.8 Å². The van der Waals surface area contributed by atoms with Gasteiger partial charge in [0.2, 0.25) is 0 Å². The van der Waals surface area contributed by atoms with Crippen molar-refractivity contribution in [3.05, 3.63) is 12.2 Å². The largest absolute Gasteiger partial charge is 0.697 e. The van der Waals surface area contributed by atoms with Crippen molar-refractivity contribution in [3.63, 3.8) is 0 Å². The molecule has 0 aromatic heterocycles. The predicted molar refractivity (Wildman–Crippen MR) is 95.9 cm³/mol. The lowest BCUT2D eigenvalue weighted by atomic mass is 10.2. The molecule has 0 saturated heterocycles. The Morgan fingerprint density at radius 1 is 0.917 bits per heavy atom. The third-order valence-corrected chi connectivity index (χ3v) is 4.47. The fourth-order valence-electron chi connectivity index (χ4n) is 2.88. The molecule has 0 rings (SSSR count). The van der Waals surface area contributed by atoms with Crippen LogP contribution in [0.3, 0.4) is 0 Å². The second kappa shape index (κ2) is 14.5. The molecule has 7 heteroatoms. The average Bonchev–Trinajstić information content (AvgIpc) is 2.53. The molecule has 1 unspecified atom stereocenters. The number of rotatable bonds is 15. The van der Waals surface area contributed by atoms with Gasteiger partial charge in [0.25, 0.3) is 0 Å². The third-order valence-electron chi connectivity index (χ3n) is 3.68. The van der Waals surface area contributed by atoms with E-state index < -0.39 is 14.2 Å². The second-order valence-corrected chi connectivity index (χ2v) is 6.76. The highest BCUT2D eigenvalue weighted by Crippen LogP contribution is 2.24. The van der Waals surface area contributed by atoms with E-state index >= 15 is 0 Å². The van der Waals surface area contributed by atoms with Crippen LogP contribution < -0.4 is 0 Å². The molecule has 1 atom stereocenters. The molecule has 0 amide bonds. The van der Waals surface area contributed by atoms with E-state index in [4.69, 9.17) is 13.8 Å². The maximum Gasteiger partial charge on any atom is 0.697 e. The van der Waals surface area contributed by atoms with Gasteiger partial charge in [0.05, 0.1) is 19.6 Å². The minimum Gasteiger partial charge on any atom is -0.460 e. The van der Waals surface area contributed by atoms with E-state index in [1.807, 2.05) is 0 Å². The van der Waals surface area contributed by atoms with Crippen molar-refractivity contribution in [2.75, 3.05) is 46.0 Å². The molecular formula is C17H34NO5P+2. The SMILES string of the molecule is CC=CC(=O)OCCO[P+](=O)OCC[N+](CCC)(CCC)CCC. The Hall–Kier alpha value is -0.810. The summed E-state index contributed by atoms with van der Waals surface area (Å²) in [7, 11) is -2.17. The van der Waals surface area contributed by atoms with E-state index in [2.05, 4.69) is 20.8 Å². The van der Waals surface area contributed by atoms with Crippen LogP contribution in [-0.4, -0.2) is 56.5 Å². The van der Waals surface area contributed by atoms with Gasteiger partial charge in [-0.1, -0.05) is 26.8 Å². The van der Waals surface area contributed by atoms with Gasteiger partial charge in [0.15, 0.2) is 6.61 Å².